The van der Waals surface area contributed by atoms with Gasteiger partial charge >= 0.3 is 19.8 Å². The molecule has 3 atom stereocenters. The van der Waals surface area contributed by atoms with Crippen molar-refractivity contribution in [3.63, 3.8) is 0 Å². The van der Waals surface area contributed by atoms with Gasteiger partial charge in [0.1, 0.15) is 12.7 Å². The van der Waals surface area contributed by atoms with E-state index in [-0.39, 0.29) is 19.4 Å². The van der Waals surface area contributed by atoms with Gasteiger partial charge in [-0.25, -0.2) is 4.57 Å². The number of unbranched alkanes of at least 4 members (excludes halogenated alkanes) is 19. The van der Waals surface area contributed by atoms with E-state index in [1.54, 1.807) is 0 Å². The monoisotopic (exact) mass is 732 g/mol. The number of carbonyl (C=O) groups is 2. The molecular formula is C39H73O10P. The first-order valence-corrected chi connectivity index (χ1v) is 21.3. The summed E-state index contributed by atoms with van der Waals surface area (Å²) in [6.45, 7) is 2.32. The third-order valence-corrected chi connectivity index (χ3v) is 9.31. The van der Waals surface area contributed by atoms with Gasteiger partial charge in [0.25, 0.3) is 0 Å². The number of hydrogen-bond acceptors (Lipinski definition) is 9. The number of esters is 2. The maximum Gasteiger partial charge on any atom is 0.472 e. The number of ether oxygens (including phenoxy) is 2. The molecule has 0 fully saturated rings. The molecule has 0 saturated heterocycles. The van der Waals surface area contributed by atoms with E-state index < -0.39 is 51.8 Å². The number of allylic oxidation sites excluding steroid dienone is 4. The van der Waals surface area contributed by atoms with Gasteiger partial charge in [0, 0.05) is 12.8 Å². The molecule has 0 spiro atoms. The van der Waals surface area contributed by atoms with Gasteiger partial charge in [0.05, 0.1) is 19.8 Å². The molecular weight excluding hydrogens is 659 g/mol. The summed E-state index contributed by atoms with van der Waals surface area (Å²) in [6.07, 6.45) is 32.8. The Hall–Kier alpha value is -1.55. The van der Waals surface area contributed by atoms with Crippen LogP contribution in [0.2, 0.25) is 0 Å². The summed E-state index contributed by atoms with van der Waals surface area (Å²) in [6, 6.07) is 0. The Morgan fingerprint density at radius 3 is 1.60 bits per heavy atom. The van der Waals surface area contributed by atoms with Gasteiger partial charge in [-0.2, -0.15) is 0 Å². The van der Waals surface area contributed by atoms with Gasteiger partial charge in [-0.3, -0.25) is 18.6 Å². The minimum absolute atomic E-state index is 0.185. The average Bonchev–Trinajstić information content (AvgIpc) is 3.10. The van der Waals surface area contributed by atoms with Crippen molar-refractivity contribution in [2.45, 2.75) is 187 Å². The molecule has 294 valence electrons. The zero-order valence-corrected chi connectivity index (χ0v) is 32.5. The molecule has 3 N–H and O–H groups in total. The lowest BCUT2D eigenvalue weighted by Crippen LogP contribution is -2.29. The molecule has 0 aromatic carbocycles. The summed E-state index contributed by atoms with van der Waals surface area (Å²) in [5.74, 6) is -0.938. The number of aliphatic hydroxyl groups is 2. The Bertz CT molecular complexity index is 894. The Kier molecular flexibility index (Phi) is 34.7. The molecule has 0 aliphatic rings. The van der Waals surface area contributed by atoms with Crippen molar-refractivity contribution >= 4 is 19.8 Å². The van der Waals surface area contributed by atoms with Gasteiger partial charge < -0.3 is 24.6 Å². The highest BCUT2D eigenvalue weighted by Crippen LogP contribution is 2.43. The van der Waals surface area contributed by atoms with Crippen molar-refractivity contribution in [2.24, 2.45) is 0 Å². The van der Waals surface area contributed by atoms with E-state index >= 15 is 0 Å². The number of rotatable bonds is 37. The predicted molar refractivity (Wildman–Crippen MR) is 201 cm³/mol. The van der Waals surface area contributed by atoms with Crippen LogP contribution in [0.1, 0.15) is 174 Å². The summed E-state index contributed by atoms with van der Waals surface area (Å²) in [4.78, 5) is 34.8. The van der Waals surface area contributed by atoms with Crippen molar-refractivity contribution in [2.75, 3.05) is 26.4 Å². The van der Waals surface area contributed by atoms with Crippen LogP contribution in [-0.2, 0) is 32.7 Å². The van der Waals surface area contributed by atoms with Crippen LogP contribution in [0.15, 0.2) is 24.3 Å². The van der Waals surface area contributed by atoms with Crippen molar-refractivity contribution in [3.05, 3.63) is 24.3 Å². The van der Waals surface area contributed by atoms with E-state index in [1.807, 2.05) is 0 Å². The molecule has 0 aromatic rings. The quantitative estimate of drug-likeness (QED) is 0.0244. The Balaban J connectivity index is 4.36. The zero-order chi connectivity index (χ0) is 37.0. The minimum atomic E-state index is -4.61. The Morgan fingerprint density at radius 1 is 0.600 bits per heavy atom. The lowest BCUT2D eigenvalue weighted by Gasteiger charge is -2.20. The van der Waals surface area contributed by atoms with E-state index in [0.29, 0.717) is 12.8 Å². The van der Waals surface area contributed by atoms with E-state index in [9.17, 15) is 24.2 Å². The summed E-state index contributed by atoms with van der Waals surface area (Å²) < 4.78 is 32.6. The predicted octanol–water partition coefficient (Wildman–Crippen LogP) is 9.83. The van der Waals surface area contributed by atoms with Crippen LogP contribution in [0.5, 0.6) is 0 Å². The second-order valence-corrected chi connectivity index (χ2v) is 14.8. The van der Waals surface area contributed by atoms with Crippen molar-refractivity contribution < 1.29 is 47.8 Å². The molecule has 1 unspecified atom stereocenters. The third kappa shape index (κ3) is 34.9. The second kappa shape index (κ2) is 35.8. The summed E-state index contributed by atoms with van der Waals surface area (Å²) >= 11 is 0. The molecule has 0 rings (SSSR count). The summed E-state index contributed by atoms with van der Waals surface area (Å²) in [5.41, 5.74) is 0. The highest BCUT2D eigenvalue weighted by Gasteiger charge is 2.27. The van der Waals surface area contributed by atoms with E-state index in [0.717, 1.165) is 64.2 Å². The van der Waals surface area contributed by atoms with Crippen LogP contribution in [-0.4, -0.2) is 65.7 Å². The van der Waals surface area contributed by atoms with E-state index in [2.05, 4.69) is 42.7 Å². The maximum absolute atomic E-state index is 12.5. The molecule has 0 bridgehead atoms. The number of hydrogen-bond donors (Lipinski definition) is 3. The Labute approximate surface area is 304 Å². The minimum Gasteiger partial charge on any atom is -0.462 e. The van der Waals surface area contributed by atoms with Crippen LogP contribution < -0.4 is 0 Å². The fourth-order valence-corrected chi connectivity index (χ4v) is 6.03. The molecule has 0 saturated carbocycles. The number of phosphoric acid groups is 1. The van der Waals surface area contributed by atoms with Crippen LogP contribution >= 0.6 is 7.82 Å². The first-order chi connectivity index (χ1) is 24.2. The van der Waals surface area contributed by atoms with E-state index in [1.165, 1.54) is 70.6 Å². The van der Waals surface area contributed by atoms with Gasteiger partial charge in [0.15, 0.2) is 6.10 Å². The molecule has 0 radical (unpaired) electrons. The fourth-order valence-electron chi connectivity index (χ4n) is 5.24. The van der Waals surface area contributed by atoms with Gasteiger partial charge in [0.2, 0.25) is 0 Å². The molecule has 0 aromatic heterocycles. The highest BCUT2D eigenvalue weighted by atomic mass is 31.2. The Morgan fingerprint density at radius 2 is 1.06 bits per heavy atom. The molecule has 50 heavy (non-hydrogen) atoms. The van der Waals surface area contributed by atoms with Crippen LogP contribution in [0.3, 0.4) is 0 Å². The van der Waals surface area contributed by atoms with Crippen molar-refractivity contribution in [1.82, 2.24) is 0 Å². The maximum atomic E-state index is 12.5. The standard InChI is InChI=1S/C39H73O10P/c1-3-5-7-9-11-13-15-17-19-20-22-24-26-28-30-38(42)46-34-37(35-48-50(44,45)47-33-36(41)32-40)49-39(43)31-29-27-25-23-21-18-16-14-12-10-8-6-4-2/h9,11,15,17,36-37,40-41H,3-8,10,12-14,16,18-35H2,1-2H3,(H,44,45)/b11-9+,17-15+/t36-,37+/m0/s1. The average molecular weight is 733 g/mol. The second-order valence-electron chi connectivity index (χ2n) is 13.3. The zero-order valence-electron chi connectivity index (χ0n) is 31.6. The summed E-state index contributed by atoms with van der Waals surface area (Å²) in [5, 5.41) is 18.3. The topological polar surface area (TPSA) is 149 Å². The fraction of sp³-hybridized carbons (Fsp3) is 0.846. The summed E-state index contributed by atoms with van der Waals surface area (Å²) in [7, 11) is -4.61. The van der Waals surface area contributed by atoms with Gasteiger partial charge in [-0.15, -0.1) is 0 Å². The first-order valence-electron chi connectivity index (χ1n) is 19.8. The van der Waals surface area contributed by atoms with Gasteiger partial charge in [-0.1, -0.05) is 147 Å². The molecule has 0 aliphatic heterocycles. The number of aliphatic hydroxyl groups excluding tert-OH is 2. The third-order valence-electron chi connectivity index (χ3n) is 8.36. The first kappa shape index (κ1) is 48.5. The van der Waals surface area contributed by atoms with E-state index in [4.69, 9.17) is 19.1 Å². The van der Waals surface area contributed by atoms with Crippen LogP contribution in [0.4, 0.5) is 0 Å². The lowest BCUT2D eigenvalue weighted by atomic mass is 10.0. The van der Waals surface area contributed by atoms with Crippen molar-refractivity contribution in [1.29, 1.82) is 0 Å². The van der Waals surface area contributed by atoms with Crippen LogP contribution in [0.25, 0.3) is 0 Å². The number of carbonyl (C=O) groups excluding carboxylic acids is 2. The lowest BCUT2D eigenvalue weighted by molar-refractivity contribution is -0.161. The molecule has 0 aliphatic carbocycles. The van der Waals surface area contributed by atoms with Crippen LogP contribution in [0, 0.1) is 0 Å². The van der Waals surface area contributed by atoms with Crippen molar-refractivity contribution in [3.8, 4) is 0 Å². The largest absolute Gasteiger partial charge is 0.472 e. The highest BCUT2D eigenvalue weighted by molar-refractivity contribution is 7.47. The smallest absolute Gasteiger partial charge is 0.462 e. The normalized spacial score (nSPS) is 14.3. The molecule has 10 nitrogen and oxygen atoms in total. The number of phosphoric ester groups is 1. The van der Waals surface area contributed by atoms with Gasteiger partial charge in [-0.05, 0) is 38.5 Å². The molecule has 11 heteroatoms. The molecule has 0 heterocycles. The SMILES string of the molecule is CCCC/C=C/C/C=C/CCCCCCCC(=O)OC[C@H](COP(=O)(O)OC[C@@H](O)CO)OC(=O)CCCCCCCCCCCCCCC. The molecule has 0 amide bonds.